The van der Waals surface area contributed by atoms with Crippen molar-refractivity contribution in [1.29, 1.82) is 0 Å². The zero-order valence-electron chi connectivity index (χ0n) is 11.0. The summed E-state index contributed by atoms with van der Waals surface area (Å²) in [4.78, 5) is 24.2. The van der Waals surface area contributed by atoms with E-state index in [1.54, 1.807) is 12.3 Å². The number of hydrogen-bond acceptors (Lipinski definition) is 4. The Morgan fingerprint density at radius 2 is 2.20 bits per heavy atom. The second kappa shape index (κ2) is 5.76. The van der Waals surface area contributed by atoms with Crippen LogP contribution in [0, 0.1) is 0 Å². The largest absolute Gasteiger partial charge is 0.381 e. The van der Waals surface area contributed by atoms with Gasteiger partial charge in [-0.3, -0.25) is 9.59 Å². The summed E-state index contributed by atoms with van der Waals surface area (Å²) >= 11 is 1.53. The maximum Gasteiger partial charge on any atom is 0.259 e. The number of fused-ring (bicyclic) bond motifs is 1. The van der Waals surface area contributed by atoms with Crippen LogP contribution in [0.15, 0.2) is 28.5 Å². The highest BCUT2D eigenvalue weighted by atomic mass is 32.1. The smallest absolute Gasteiger partial charge is 0.259 e. The lowest BCUT2D eigenvalue weighted by Gasteiger charge is -2.23. The van der Waals surface area contributed by atoms with E-state index in [4.69, 9.17) is 4.74 Å². The van der Waals surface area contributed by atoms with E-state index in [0.717, 1.165) is 17.5 Å². The summed E-state index contributed by atoms with van der Waals surface area (Å²) in [6.07, 6.45) is 3.36. The number of ether oxygens (including phenoxy) is 1. The summed E-state index contributed by atoms with van der Waals surface area (Å²) < 4.78 is 7.67. The number of hydrogen-bond donors (Lipinski definition) is 1. The fraction of sp³-hybridized carbons (Fsp3) is 0.429. The molecule has 20 heavy (non-hydrogen) atoms. The molecule has 1 aliphatic heterocycles. The van der Waals surface area contributed by atoms with E-state index in [9.17, 15) is 9.59 Å². The van der Waals surface area contributed by atoms with Gasteiger partial charge >= 0.3 is 0 Å². The number of aromatic nitrogens is 1. The average molecular weight is 292 g/mol. The highest BCUT2D eigenvalue weighted by Crippen LogP contribution is 2.16. The Morgan fingerprint density at radius 3 is 3.00 bits per heavy atom. The third-order valence-electron chi connectivity index (χ3n) is 3.49. The third-order valence-corrected chi connectivity index (χ3v) is 4.37. The van der Waals surface area contributed by atoms with E-state index < -0.39 is 0 Å². The Morgan fingerprint density at radius 1 is 1.40 bits per heavy atom. The molecular weight excluding hydrogens is 276 g/mol. The summed E-state index contributed by atoms with van der Waals surface area (Å²) in [6, 6.07) is 3.84. The van der Waals surface area contributed by atoms with Crippen LogP contribution in [-0.2, 0) is 16.1 Å². The molecule has 0 radical (unpaired) electrons. The first-order valence-corrected chi connectivity index (χ1v) is 7.56. The third kappa shape index (κ3) is 2.76. The highest BCUT2D eigenvalue weighted by Gasteiger charge is 2.16. The first-order valence-electron chi connectivity index (χ1n) is 6.68. The summed E-state index contributed by atoms with van der Waals surface area (Å²) in [6.45, 7) is 1.44. The number of rotatable bonds is 3. The molecule has 1 aliphatic rings. The SMILES string of the molecule is O=C(Cn1ccc2sccc2c1=O)NC1CCOCC1. The lowest BCUT2D eigenvalue weighted by Crippen LogP contribution is -2.41. The minimum Gasteiger partial charge on any atom is -0.381 e. The molecule has 2 aromatic heterocycles. The van der Waals surface area contributed by atoms with Gasteiger partial charge in [0.1, 0.15) is 6.54 Å². The predicted octanol–water partition coefficient (Wildman–Crippen LogP) is 1.36. The molecular formula is C14H16N2O3S. The van der Waals surface area contributed by atoms with Crippen molar-refractivity contribution < 1.29 is 9.53 Å². The van der Waals surface area contributed by atoms with Gasteiger partial charge in [-0.1, -0.05) is 0 Å². The molecule has 0 atom stereocenters. The molecule has 1 saturated heterocycles. The number of carbonyl (C=O) groups is 1. The molecule has 0 saturated carbocycles. The number of thiophene rings is 1. The van der Waals surface area contributed by atoms with Crippen molar-refractivity contribution in [2.45, 2.75) is 25.4 Å². The fourth-order valence-corrected chi connectivity index (χ4v) is 3.17. The number of nitrogens with zero attached hydrogens (tertiary/aromatic N) is 1. The van der Waals surface area contributed by atoms with Crippen LogP contribution in [0.5, 0.6) is 0 Å². The standard InChI is InChI=1S/C14H16N2O3S/c17-13(15-10-2-6-19-7-3-10)9-16-5-1-12-11(14(16)18)4-8-20-12/h1,4-5,8,10H,2-3,6-7,9H2,(H,15,17). The van der Waals surface area contributed by atoms with Crippen LogP contribution in [0.4, 0.5) is 0 Å². The molecule has 106 valence electrons. The summed E-state index contributed by atoms with van der Waals surface area (Å²) in [7, 11) is 0. The van der Waals surface area contributed by atoms with E-state index in [-0.39, 0.29) is 24.1 Å². The molecule has 0 aromatic carbocycles. The topological polar surface area (TPSA) is 60.3 Å². The van der Waals surface area contributed by atoms with E-state index >= 15 is 0 Å². The summed E-state index contributed by atoms with van der Waals surface area (Å²) in [5, 5.41) is 5.52. The lowest BCUT2D eigenvalue weighted by molar-refractivity contribution is -0.123. The number of nitrogens with one attached hydrogen (secondary N) is 1. The zero-order valence-corrected chi connectivity index (χ0v) is 11.8. The fourth-order valence-electron chi connectivity index (χ4n) is 2.40. The predicted molar refractivity (Wildman–Crippen MR) is 78.1 cm³/mol. The first-order chi connectivity index (χ1) is 9.74. The minimum absolute atomic E-state index is 0.0714. The quantitative estimate of drug-likeness (QED) is 0.929. The number of pyridine rings is 1. The average Bonchev–Trinajstić information content (AvgIpc) is 2.92. The molecule has 1 amide bonds. The lowest BCUT2D eigenvalue weighted by atomic mass is 10.1. The second-order valence-corrected chi connectivity index (χ2v) is 5.85. The van der Waals surface area contributed by atoms with Crippen molar-refractivity contribution in [3.05, 3.63) is 34.1 Å². The Kier molecular flexibility index (Phi) is 3.84. The molecule has 0 unspecified atom stereocenters. The van der Waals surface area contributed by atoms with Crippen LogP contribution in [-0.4, -0.2) is 29.7 Å². The molecule has 1 fully saturated rings. The van der Waals surface area contributed by atoms with Gasteiger partial charge in [-0.25, -0.2) is 0 Å². The summed E-state index contributed by atoms with van der Waals surface area (Å²) in [5.41, 5.74) is -0.106. The Bertz CT molecular complexity index is 670. The maximum atomic E-state index is 12.2. The van der Waals surface area contributed by atoms with Gasteiger partial charge in [0.15, 0.2) is 0 Å². The molecule has 3 heterocycles. The van der Waals surface area contributed by atoms with Gasteiger partial charge in [0.05, 0.1) is 5.39 Å². The Balaban J connectivity index is 1.70. The monoisotopic (exact) mass is 292 g/mol. The van der Waals surface area contributed by atoms with Gasteiger partial charge in [0.25, 0.3) is 5.56 Å². The highest BCUT2D eigenvalue weighted by molar-refractivity contribution is 7.17. The van der Waals surface area contributed by atoms with Crippen LogP contribution in [0.3, 0.4) is 0 Å². The van der Waals surface area contributed by atoms with Gasteiger partial charge in [0.2, 0.25) is 5.91 Å². The molecule has 0 aliphatic carbocycles. The minimum atomic E-state index is -0.117. The first kappa shape index (κ1) is 13.3. The maximum absolute atomic E-state index is 12.2. The van der Waals surface area contributed by atoms with Crippen molar-refractivity contribution >= 4 is 27.3 Å². The molecule has 1 N–H and O–H groups in total. The van der Waals surface area contributed by atoms with Gasteiger partial charge in [0, 0.05) is 30.2 Å². The van der Waals surface area contributed by atoms with Crippen LogP contribution >= 0.6 is 11.3 Å². The van der Waals surface area contributed by atoms with E-state index in [1.807, 2.05) is 11.4 Å². The molecule has 0 spiro atoms. The van der Waals surface area contributed by atoms with Crippen molar-refractivity contribution in [1.82, 2.24) is 9.88 Å². The Hall–Kier alpha value is -1.66. The van der Waals surface area contributed by atoms with Crippen LogP contribution in [0.2, 0.25) is 0 Å². The molecule has 2 aromatic rings. The van der Waals surface area contributed by atoms with Gasteiger partial charge in [-0.15, -0.1) is 11.3 Å². The van der Waals surface area contributed by atoms with Crippen LogP contribution in [0.1, 0.15) is 12.8 Å². The second-order valence-electron chi connectivity index (χ2n) is 4.90. The van der Waals surface area contributed by atoms with Gasteiger partial charge in [-0.2, -0.15) is 0 Å². The van der Waals surface area contributed by atoms with Crippen LogP contribution in [0.25, 0.3) is 10.1 Å². The van der Waals surface area contributed by atoms with E-state index in [2.05, 4.69) is 5.32 Å². The molecule has 6 heteroatoms. The van der Waals surface area contributed by atoms with Crippen LogP contribution < -0.4 is 10.9 Å². The van der Waals surface area contributed by atoms with Gasteiger partial charge in [-0.05, 0) is 30.4 Å². The van der Waals surface area contributed by atoms with E-state index in [0.29, 0.717) is 18.6 Å². The number of carbonyl (C=O) groups excluding carboxylic acids is 1. The van der Waals surface area contributed by atoms with Crippen molar-refractivity contribution in [2.75, 3.05) is 13.2 Å². The Labute approximate surface area is 120 Å². The van der Waals surface area contributed by atoms with Crippen molar-refractivity contribution in [2.24, 2.45) is 0 Å². The van der Waals surface area contributed by atoms with E-state index in [1.165, 1.54) is 15.9 Å². The zero-order chi connectivity index (χ0) is 13.9. The molecule has 0 bridgehead atoms. The summed E-state index contributed by atoms with van der Waals surface area (Å²) in [5.74, 6) is -0.117. The molecule has 3 rings (SSSR count). The number of amides is 1. The molecule has 5 nitrogen and oxygen atoms in total. The van der Waals surface area contributed by atoms with Crippen molar-refractivity contribution in [3.8, 4) is 0 Å². The normalized spacial score (nSPS) is 16.4. The van der Waals surface area contributed by atoms with Crippen molar-refractivity contribution in [3.63, 3.8) is 0 Å². The van der Waals surface area contributed by atoms with Gasteiger partial charge < -0.3 is 14.6 Å².